The van der Waals surface area contributed by atoms with Gasteiger partial charge in [-0.1, -0.05) is 30.5 Å². The van der Waals surface area contributed by atoms with Crippen LogP contribution in [0.5, 0.6) is 0 Å². The third kappa shape index (κ3) is 4.54. The van der Waals surface area contributed by atoms with Gasteiger partial charge in [0.05, 0.1) is 11.2 Å². The maximum Gasteiger partial charge on any atom is 0.221 e. The molecule has 1 unspecified atom stereocenters. The average Bonchev–Trinajstić information content (AvgIpc) is 3.08. The Morgan fingerprint density at radius 3 is 2.64 bits per heavy atom. The minimum atomic E-state index is -0.565. The standard InChI is InChI=1S/C19H19ClF2N2O/c20-17-6-5-12(8-18(17)22)16(13-7-14(21)11-23-10-13)9-19(25)24-15-3-1-2-4-15/h5-8,10-11,15-16H,1-4,9H2,(H,24,25). The zero-order valence-electron chi connectivity index (χ0n) is 13.6. The quantitative estimate of drug-likeness (QED) is 0.842. The predicted octanol–water partition coefficient (Wildman–Crippen LogP) is 4.59. The van der Waals surface area contributed by atoms with E-state index in [4.69, 9.17) is 11.6 Å². The highest BCUT2D eigenvalue weighted by Gasteiger charge is 2.23. The van der Waals surface area contributed by atoms with Crippen LogP contribution in [0.1, 0.15) is 49.1 Å². The van der Waals surface area contributed by atoms with E-state index in [1.54, 1.807) is 6.07 Å². The van der Waals surface area contributed by atoms with Crippen LogP contribution in [0.25, 0.3) is 0 Å². The summed E-state index contributed by atoms with van der Waals surface area (Å²) in [5, 5.41) is 3.03. The molecule has 6 heteroatoms. The number of hydrogen-bond acceptors (Lipinski definition) is 2. The van der Waals surface area contributed by atoms with E-state index in [9.17, 15) is 13.6 Å². The summed E-state index contributed by atoms with van der Waals surface area (Å²) < 4.78 is 27.5. The van der Waals surface area contributed by atoms with E-state index in [1.165, 1.54) is 24.4 Å². The summed E-state index contributed by atoms with van der Waals surface area (Å²) in [5.74, 6) is -1.68. The number of amides is 1. The fourth-order valence-electron chi connectivity index (χ4n) is 3.32. The second-order valence-electron chi connectivity index (χ2n) is 6.42. The smallest absolute Gasteiger partial charge is 0.221 e. The molecular weight excluding hydrogens is 346 g/mol. The predicted molar refractivity (Wildman–Crippen MR) is 92.5 cm³/mol. The molecule has 0 bridgehead atoms. The van der Waals surface area contributed by atoms with Crippen molar-refractivity contribution in [3.8, 4) is 0 Å². The molecule has 1 fully saturated rings. The van der Waals surface area contributed by atoms with Gasteiger partial charge in [-0.2, -0.15) is 0 Å². The first-order valence-electron chi connectivity index (χ1n) is 8.37. The third-order valence-corrected chi connectivity index (χ3v) is 4.89. The highest BCUT2D eigenvalue weighted by molar-refractivity contribution is 6.30. The lowest BCUT2D eigenvalue weighted by molar-refractivity contribution is -0.122. The molecule has 1 aromatic carbocycles. The van der Waals surface area contributed by atoms with Gasteiger partial charge in [0.1, 0.15) is 11.6 Å². The SMILES string of the molecule is O=C(CC(c1cncc(F)c1)c1ccc(Cl)c(F)c1)NC1CCCC1. The van der Waals surface area contributed by atoms with Crippen LogP contribution in [0.3, 0.4) is 0 Å². The van der Waals surface area contributed by atoms with Gasteiger partial charge < -0.3 is 5.32 Å². The molecule has 3 nitrogen and oxygen atoms in total. The van der Waals surface area contributed by atoms with Crippen molar-refractivity contribution >= 4 is 17.5 Å². The molecule has 1 atom stereocenters. The molecule has 1 amide bonds. The lowest BCUT2D eigenvalue weighted by Crippen LogP contribution is -2.33. The highest BCUT2D eigenvalue weighted by atomic mass is 35.5. The molecule has 2 aromatic rings. The lowest BCUT2D eigenvalue weighted by Gasteiger charge is -2.19. The van der Waals surface area contributed by atoms with E-state index in [1.807, 2.05) is 0 Å². The first-order chi connectivity index (χ1) is 12.0. The Labute approximate surface area is 150 Å². The Morgan fingerprint density at radius 1 is 1.20 bits per heavy atom. The van der Waals surface area contributed by atoms with Crippen molar-refractivity contribution in [3.05, 3.63) is 64.4 Å². The molecule has 1 heterocycles. The number of nitrogens with one attached hydrogen (secondary N) is 1. The van der Waals surface area contributed by atoms with Crippen LogP contribution in [0.2, 0.25) is 5.02 Å². The van der Waals surface area contributed by atoms with Gasteiger partial charge in [0, 0.05) is 24.6 Å². The third-order valence-electron chi connectivity index (χ3n) is 4.58. The first kappa shape index (κ1) is 17.8. The van der Waals surface area contributed by atoms with Crippen LogP contribution in [-0.4, -0.2) is 16.9 Å². The first-order valence-corrected chi connectivity index (χ1v) is 8.75. The van der Waals surface area contributed by atoms with Crippen LogP contribution < -0.4 is 5.32 Å². The molecule has 25 heavy (non-hydrogen) atoms. The van der Waals surface area contributed by atoms with Crippen LogP contribution >= 0.6 is 11.6 Å². The summed E-state index contributed by atoms with van der Waals surface area (Å²) in [7, 11) is 0. The van der Waals surface area contributed by atoms with Gasteiger partial charge in [0.2, 0.25) is 5.91 Å². The number of nitrogens with zero attached hydrogens (tertiary/aromatic N) is 1. The lowest BCUT2D eigenvalue weighted by atomic mass is 9.89. The summed E-state index contributed by atoms with van der Waals surface area (Å²) in [5.41, 5.74) is 1.10. The molecule has 1 aliphatic rings. The molecule has 0 spiro atoms. The Balaban J connectivity index is 1.85. The Morgan fingerprint density at radius 2 is 1.96 bits per heavy atom. The van der Waals surface area contributed by atoms with Crippen molar-refractivity contribution in [2.75, 3.05) is 0 Å². The van der Waals surface area contributed by atoms with Gasteiger partial charge in [0.15, 0.2) is 0 Å². The van der Waals surface area contributed by atoms with Crippen LogP contribution in [0, 0.1) is 11.6 Å². The monoisotopic (exact) mass is 364 g/mol. The zero-order valence-corrected chi connectivity index (χ0v) is 14.4. The van der Waals surface area contributed by atoms with Gasteiger partial charge in [-0.05, 0) is 42.2 Å². The van der Waals surface area contributed by atoms with E-state index in [0.29, 0.717) is 11.1 Å². The van der Waals surface area contributed by atoms with Gasteiger partial charge in [-0.25, -0.2) is 8.78 Å². The molecule has 132 valence electrons. The number of halogens is 3. The topological polar surface area (TPSA) is 42.0 Å². The van der Waals surface area contributed by atoms with Gasteiger partial charge in [-0.15, -0.1) is 0 Å². The number of rotatable bonds is 5. The van der Waals surface area contributed by atoms with Crippen molar-refractivity contribution in [1.29, 1.82) is 0 Å². The molecule has 1 aromatic heterocycles. The number of carbonyl (C=O) groups is 1. The average molecular weight is 365 g/mol. The molecule has 1 N–H and O–H groups in total. The summed E-state index contributed by atoms with van der Waals surface area (Å²) in [6, 6.07) is 5.92. The highest BCUT2D eigenvalue weighted by Crippen LogP contribution is 2.30. The summed E-state index contributed by atoms with van der Waals surface area (Å²) in [4.78, 5) is 16.3. The summed E-state index contributed by atoms with van der Waals surface area (Å²) in [6.07, 6.45) is 6.89. The Hall–Kier alpha value is -2.01. The van der Waals surface area contributed by atoms with Crippen molar-refractivity contribution in [1.82, 2.24) is 10.3 Å². The van der Waals surface area contributed by atoms with E-state index in [2.05, 4.69) is 10.3 Å². The van der Waals surface area contributed by atoms with Gasteiger partial charge in [0.25, 0.3) is 0 Å². The molecule has 0 aliphatic heterocycles. The number of aromatic nitrogens is 1. The molecule has 1 saturated carbocycles. The van der Waals surface area contributed by atoms with Crippen molar-refractivity contribution < 1.29 is 13.6 Å². The van der Waals surface area contributed by atoms with Gasteiger partial charge >= 0.3 is 0 Å². The van der Waals surface area contributed by atoms with E-state index in [-0.39, 0.29) is 23.4 Å². The van der Waals surface area contributed by atoms with Gasteiger partial charge in [-0.3, -0.25) is 9.78 Å². The second-order valence-corrected chi connectivity index (χ2v) is 6.82. The van der Waals surface area contributed by atoms with Crippen LogP contribution in [0.4, 0.5) is 8.78 Å². The number of carbonyl (C=O) groups excluding carboxylic acids is 1. The van der Waals surface area contributed by atoms with Crippen LogP contribution in [0.15, 0.2) is 36.7 Å². The molecule has 0 radical (unpaired) electrons. The van der Waals surface area contributed by atoms with Crippen molar-refractivity contribution in [3.63, 3.8) is 0 Å². The zero-order chi connectivity index (χ0) is 17.8. The number of hydrogen-bond donors (Lipinski definition) is 1. The normalized spacial score (nSPS) is 16.0. The summed E-state index contributed by atoms with van der Waals surface area (Å²) in [6.45, 7) is 0. The van der Waals surface area contributed by atoms with Crippen molar-refractivity contribution in [2.45, 2.75) is 44.1 Å². The largest absolute Gasteiger partial charge is 0.353 e. The minimum Gasteiger partial charge on any atom is -0.353 e. The van der Waals surface area contributed by atoms with Crippen LogP contribution in [-0.2, 0) is 4.79 Å². The maximum atomic E-state index is 13.9. The van der Waals surface area contributed by atoms with E-state index in [0.717, 1.165) is 31.9 Å². The van der Waals surface area contributed by atoms with Crippen molar-refractivity contribution in [2.24, 2.45) is 0 Å². The molecule has 0 saturated heterocycles. The van der Waals surface area contributed by atoms with E-state index >= 15 is 0 Å². The fraction of sp³-hybridized carbons (Fsp3) is 0.368. The fourth-order valence-corrected chi connectivity index (χ4v) is 3.44. The molecule has 3 rings (SSSR count). The number of benzene rings is 1. The molecule has 1 aliphatic carbocycles. The Bertz CT molecular complexity index is 763. The number of pyridine rings is 1. The summed E-state index contributed by atoms with van der Waals surface area (Å²) >= 11 is 5.75. The van der Waals surface area contributed by atoms with E-state index < -0.39 is 17.6 Å². The second kappa shape index (κ2) is 7.91. The molecular formula is C19H19ClF2N2O. The maximum absolute atomic E-state index is 13.9. The minimum absolute atomic E-state index is 0.00951. The Kier molecular flexibility index (Phi) is 5.63.